The number of methoxy groups -OCH3 is 2. The lowest BCUT2D eigenvalue weighted by atomic mass is 9.75. The van der Waals surface area contributed by atoms with Crippen molar-refractivity contribution in [1.29, 1.82) is 0 Å². The first-order valence-corrected chi connectivity index (χ1v) is 8.56. The molecule has 1 aliphatic rings. The normalized spacial score (nSPS) is 16.2. The van der Waals surface area contributed by atoms with Crippen molar-refractivity contribution in [2.24, 2.45) is 5.41 Å². The van der Waals surface area contributed by atoms with Gasteiger partial charge >= 0.3 is 5.97 Å². The predicted octanol–water partition coefficient (Wildman–Crippen LogP) is 3.87. The van der Waals surface area contributed by atoms with Gasteiger partial charge in [0.2, 0.25) is 0 Å². The zero-order valence-corrected chi connectivity index (χ0v) is 14.8. The molecule has 2 aromatic rings. The van der Waals surface area contributed by atoms with Gasteiger partial charge in [0, 0.05) is 13.2 Å². The van der Waals surface area contributed by atoms with Crippen LogP contribution in [0.3, 0.4) is 0 Å². The van der Waals surface area contributed by atoms with Crippen LogP contribution < -0.4 is 4.74 Å². The summed E-state index contributed by atoms with van der Waals surface area (Å²) < 4.78 is 15.8. The number of benzene rings is 2. The summed E-state index contributed by atoms with van der Waals surface area (Å²) in [5, 5.41) is 0. The minimum absolute atomic E-state index is 0.134. The van der Waals surface area contributed by atoms with Gasteiger partial charge in [0.1, 0.15) is 5.75 Å². The molecular formula is C21H24O4. The second kappa shape index (κ2) is 7.70. The maximum atomic E-state index is 12.4. The van der Waals surface area contributed by atoms with Gasteiger partial charge in [-0.2, -0.15) is 0 Å². The number of carbonyl (C=O) groups is 1. The number of rotatable bonds is 5. The highest BCUT2D eigenvalue weighted by molar-refractivity contribution is 5.77. The van der Waals surface area contributed by atoms with Crippen molar-refractivity contribution in [2.45, 2.75) is 19.3 Å². The molecule has 0 bridgehead atoms. The topological polar surface area (TPSA) is 44.8 Å². The van der Waals surface area contributed by atoms with E-state index in [9.17, 15) is 4.79 Å². The number of carbonyl (C=O) groups excluding carboxylic acids is 1. The third kappa shape index (κ3) is 3.85. The molecule has 1 heterocycles. The number of hydrogen-bond donors (Lipinski definition) is 0. The third-order valence-electron chi connectivity index (χ3n) is 4.96. The van der Waals surface area contributed by atoms with Crippen molar-refractivity contribution in [3.8, 4) is 16.9 Å². The van der Waals surface area contributed by atoms with Crippen LogP contribution in [-0.4, -0.2) is 33.4 Å². The van der Waals surface area contributed by atoms with E-state index in [0.29, 0.717) is 32.5 Å². The van der Waals surface area contributed by atoms with Gasteiger partial charge in [0.25, 0.3) is 0 Å². The molecule has 0 aromatic heterocycles. The molecule has 1 fully saturated rings. The molecule has 2 aromatic carbocycles. The van der Waals surface area contributed by atoms with Gasteiger partial charge in [-0.05, 0) is 48.1 Å². The fraction of sp³-hybridized carbons (Fsp3) is 0.381. The van der Waals surface area contributed by atoms with Crippen molar-refractivity contribution in [3.05, 3.63) is 54.1 Å². The smallest absolute Gasteiger partial charge is 0.312 e. The molecule has 1 aliphatic heterocycles. The first kappa shape index (κ1) is 17.5. The molecule has 0 spiro atoms. The Bertz CT molecular complexity index is 715. The molecule has 132 valence electrons. The zero-order chi connectivity index (χ0) is 17.7. The van der Waals surface area contributed by atoms with Gasteiger partial charge < -0.3 is 14.2 Å². The van der Waals surface area contributed by atoms with E-state index >= 15 is 0 Å². The average molecular weight is 340 g/mol. The summed E-state index contributed by atoms with van der Waals surface area (Å²) in [6.45, 7) is 1.21. The first-order chi connectivity index (χ1) is 12.2. The lowest BCUT2D eigenvalue weighted by molar-refractivity contribution is -0.158. The molecule has 0 radical (unpaired) electrons. The van der Waals surface area contributed by atoms with Crippen LogP contribution in [-0.2, 0) is 20.7 Å². The van der Waals surface area contributed by atoms with Gasteiger partial charge in [-0.1, -0.05) is 36.4 Å². The van der Waals surface area contributed by atoms with Crippen molar-refractivity contribution in [2.75, 3.05) is 27.4 Å². The SMILES string of the molecule is COC(=O)C1(Cc2cccc(-c3ccc(OC)cc3)c2)CCOCC1. The monoisotopic (exact) mass is 340 g/mol. The van der Waals surface area contributed by atoms with Crippen LogP contribution in [0.25, 0.3) is 11.1 Å². The summed E-state index contributed by atoms with van der Waals surface area (Å²) in [5.74, 6) is 0.706. The van der Waals surface area contributed by atoms with Crippen molar-refractivity contribution >= 4 is 5.97 Å². The Morgan fingerprint density at radius 3 is 2.40 bits per heavy atom. The van der Waals surface area contributed by atoms with E-state index in [1.165, 1.54) is 7.11 Å². The summed E-state index contributed by atoms with van der Waals surface area (Å²) in [6, 6.07) is 16.4. The van der Waals surface area contributed by atoms with Gasteiger partial charge in [-0.3, -0.25) is 4.79 Å². The van der Waals surface area contributed by atoms with Crippen molar-refractivity contribution in [1.82, 2.24) is 0 Å². The van der Waals surface area contributed by atoms with Crippen LogP contribution in [0.2, 0.25) is 0 Å². The van der Waals surface area contributed by atoms with Crippen molar-refractivity contribution < 1.29 is 19.0 Å². The molecule has 0 amide bonds. The van der Waals surface area contributed by atoms with E-state index in [4.69, 9.17) is 14.2 Å². The summed E-state index contributed by atoms with van der Waals surface area (Å²) in [7, 11) is 3.13. The largest absolute Gasteiger partial charge is 0.497 e. The molecular weight excluding hydrogens is 316 g/mol. The van der Waals surface area contributed by atoms with E-state index in [2.05, 4.69) is 18.2 Å². The molecule has 4 heteroatoms. The Morgan fingerprint density at radius 1 is 1.04 bits per heavy atom. The Balaban J connectivity index is 1.85. The Labute approximate surface area is 148 Å². The van der Waals surface area contributed by atoms with Crippen molar-refractivity contribution in [3.63, 3.8) is 0 Å². The molecule has 25 heavy (non-hydrogen) atoms. The highest BCUT2D eigenvalue weighted by Gasteiger charge is 2.41. The van der Waals surface area contributed by atoms with E-state index in [-0.39, 0.29) is 5.97 Å². The maximum absolute atomic E-state index is 12.4. The van der Waals surface area contributed by atoms with Gasteiger partial charge in [0.15, 0.2) is 0 Å². The Morgan fingerprint density at radius 2 is 1.76 bits per heavy atom. The second-order valence-corrected chi connectivity index (χ2v) is 6.49. The van der Waals surface area contributed by atoms with Crippen LogP contribution in [0.1, 0.15) is 18.4 Å². The highest BCUT2D eigenvalue weighted by atomic mass is 16.5. The second-order valence-electron chi connectivity index (χ2n) is 6.49. The molecule has 0 atom stereocenters. The standard InChI is InChI=1S/C21H24O4/c1-23-19-8-6-17(7-9-19)18-5-3-4-16(14-18)15-21(20(22)24-2)10-12-25-13-11-21/h3-9,14H,10-13,15H2,1-2H3. The molecule has 0 unspecified atom stereocenters. The average Bonchev–Trinajstić information content (AvgIpc) is 2.68. The highest BCUT2D eigenvalue weighted by Crippen LogP contribution is 2.36. The molecule has 0 aliphatic carbocycles. The number of esters is 1. The van der Waals surface area contributed by atoms with Gasteiger partial charge in [-0.25, -0.2) is 0 Å². The Hall–Kier alpha value is -2.33. The fourth-order valence-electron chi connectivity index (χ4n) is 3.47. The summed E-state index contributed by atoms with van der Waals surface area (Å²) in [6.07, 6.45) is 2.08. The number of hydrogen-bond acceptors (Lipinski definition) is 4. The van der Waals surface area contributed by atoms with Gasteiger partial charge in [-0.15, -0.1) is 0 Å². The summed E-state index contributed by atoms with van der Waals surface area (Å²) >= 11 is 0. The van der Waals surface area contributed by atoms with Crippen LogP contribution in [0.5, 0.6) is 5.75 Å². The molecule has 1 saturated heterocycles. The van der Waals surface area contributed by atoms with Gasteiger partial charge in [0.05, 0.1) is 19.6 Å². The van der Waals surface area contributed by atoms with Crippen LogP contribution in [0.15, 0.2) is 48.5 Å². The van der Waals surface area contributed by atoms with E-state index < -0.39 is 5.41 Å². The third-order valence-corrected chi connectivity index (χ3v) is 4.96. The van der Waals surface area contributed by atoms with Crippen LogP contribution in [0.4, 0.5) is 0 Å². The molecule has 0 N–H and O–H groups in total. The molecule has 3 rings (SSSR count). The lowest BCUT2D eigenvalue weighted by Crippen LogP contribution is -2.40. The first-order valence-electron chi connectivity index (χ1n) is 8.56. The lowest BCUT2D eigenvalue weighted by Gasteiger charge is -2.34. The minimum Gasteiger partial charge on any atom is -0.497 e. The Kier molecular flexibility index (Phi) is 5.39. The quantitative estimate of drug-likeness (QED) is 0.775. The maximum Gasteiger partial charge on any atom is 0.312 e. The summed E-state index contributed by atoms with van der Waals surface area (Å²) in [4.78, 5) is 12.4. The summed E-state index contributed by atoms with van der Waals surface area (Å²) in [5.41, 5.74) is 2.92. The predicted molar refractivity (Wildman–Crippen MR) is 96.6 cm³/mol. The van der Waals surface area contributed by atoms with Crippen LogP contribution >= 0.6 is 0 Å². The minimum atomic E-state index is -0.481. The van der Waals surface area contributed by atoms with E-state index in [1.807, 2.05) is 30.3 Å². The fourth-order valence-corrected chi connectivity index (χ4v) is 3.47. The molecule has 0 saturated carbocycles. The van der Waals surface area contributed by atoms with Crippen LogP contribution in [0, 0.1) is 5.41 Å². The zero-order valence-electron chi connectivity index (χ0n) is 14.8. The van der Waals surface area contributed by atoms with E-state index in [0.717, 1.165) is 22.4 Å². The number of ether oxygens (including phenoxy) is 3. The van der Waals surface area contributed by atoms with E-state index in [1.54, 1.807) is 7.11 Å². The molecule has 4 nitrogen and oxygen atoms in total.